The number of nitrogens with zero attached hydrogens (tertiary/aromatic N) is 2. The monoisotopic (exact) mass is 214 g/mol. The van der Waals surface area contributed by atoms with E-state index in [9.17, 15) is 4.79 Å². The molecule has 15 heavy (non-hydrogen) atoms. The van der Waals surface area contributed by atoms with E-state index in [0.717, 1.165) is 39.0 Å². The highest BCUT2D eigenvalue weighted by Crippen LogP contribution is 2.00. The first-order chi connectivity index (χ1) is 7.24. The van der Waals surface area contributed by atoms with Crippen molar-refractivity contribution in [3.05, 3.63) is 0 Å². The fourth-order valence-corrected chi connectivity index (χ4v) is 1.66. The first-order valence-corrected chi connectivity index (χ1v) is 5.65. The van der Waals surface area contributed by atoms with E-state index in [0.29, 0.717) is 13.1 Å². The number of amides is 2. The molecular weight excluding hydrogens is 192 g/mol. The molecule has 88 valence electrons. The average Bonchev–Trinajstić information content (AvgIpc) is 2.43. The minimum atomic E-state index is 0.0544. The quantitative estimate of drug-likeness (QED) is 0.633. The zero-order valence-electron chi connectivity index (χ0n) is 9.54. The van der Waals surface area contributed by atoms with Crippen molar-refractivity contribution in [2.75, 3.05) is 46.3 Å². The van der Waals surface area contributed by atoms with Gasteiger partial charge in [0.05, 0.1) is 0 Å². The summed E-state index contributed by atoms with van der Waals surface area (Å²) >= 11 is 0. The standard InChI is InChI=1S/C10H22N4O/c1-13-6-3-7-14(9-8-13)10(15)12-5-2-4-11/h2-9,11H2,1H3,(H,12,15). The van der Waals surface area contributed by atoms with E-state index in [1.807, 2.05) is 4.90 Å². The molecule has 0 unspecified atom stereocenters. The first-order valence-electron chi connectivity index (χ1n) is 5.65. The molecule has 1 heterocycles. The summed E-state index contributed by atoms with van der Waals surface area (Å²) in [6.07, 6.45) is 1.90. The van der Waals surface area contributed by atoms with E-state index < -0.39 is 0 Å². The van der Waals surface area contributed by atoms with Crippen LogP contribution in [0.3, 0.4) is 0 Å². The second-order valence-electron chi connectivity index (χ2n) is 4.02. The highest BCUT2D eigenvalue weighted by molar-refractivity contribution is 5.74. The van der Waals surface area contributed by atoms with E-state index in [1.54, 1.807) is 0 Å². The lowest BCUT2D eigenvalue weighted by Crippen LogP contribution is -2.42. The normalized spacial score (nSPS) is 18.7. The summed E-state index contributed by atoms with van der Waals surface area (Å²) in [4.78, 5) is 15.8. The SMILES string of the molecule is CN1CCCN(C(=O)NCCCN)CC1. The van der Waals surface area contributed by atoms with Crippen molar-refractivity contribution in [2.45, 2.75) is 12.8 Å². The molecule has 5 heteroatoms. The number of likely N-dealkylation sites (N-methyl/N-ethyl adjacent to an activating group) is 1. The Morgan fingerprint density at radius 1 is 1.33 bits per heavy atom. The van der Waals surface area contributed by atoms with Crippen LogP contribution in [0.2, 0.25) is 0 Å². The van der Waals surface area contributed by atoms with Crippen LogP contribution in [0.1, 0.15) is 12.8 Å². The Balaban J connectivity index is 2.25. The van der Waals surface area contributed by atoms with Crippen molar-refractivity contribution in [1.82, 2.24) is 15.1 Å². The molecule has 1 aliphatic rings. The maximum Gasteiger partial charge on any atom is 0.317 e. The molecule has 1 saturated heterocycles. The number of carbonyl (C=O) groups excluding carboxylic acids is 1. The molecule has 0 spiro atoms. The summed E-state index contributed by atoms with van der Waals surface area (Å²) < 4.78 is 0. The molecule has 2 amide bonds. The van der Waals surface area contributed by atoms with Crippen molar-refractivity contribution < 1.29 is 4.79 Å². The highest BCUT2D eigenvalue weighted by Gasteiger charge is 2.16. The third-order valence-corrected chi connectivity index (χ3v) is 2.66. The van der Waals surface area contributed by atoms with Gasteiger partial charge in [0.15, 0.2) is 0 Å². The second kappa shape index (κ2) is 6.63. The van der Waals surface area contributed by atoms with Gasteiger partial charge in [-0.05, 0) is 33.0 Å². The molecule has 3 N–H and O–H groups in total. The van der Waals surface area contributed by atoms with Gasteiger partial charge in [-0.1, -0.05) is 0 Å². The van der Waals surface area contributed by atoms with Gasteiger partial charge in [-0.3, -0.25) is 0 Å². The fourth-order valence-electron chi connectivity index (χ4n) is 1.66. The first kappa shape index (κ1) is 12.3. The van der Waals surface area contributed by atoms with Crippen LogP contribution in [0.4, 0.5) is 4.79 Å². The number of nitrogens with two attached hydrogens (primary N) is 1. The molecule has 0 aromatic heterocycles. The molecule has 5 nitrogen and oxygen atoms in total. The molecule has 0 aromatic carbocycles. The van der Waals surface area contributed by atoms with Gasteiger partial charge in [0.25, 0.3) is 0 Å². The molecule has 0 bridgehead atoms. The van der Waals surface area contributed by atoms with Gasteiger partial charge in [0, 0.05) is 26.2 Å². The van der Waals surface area contributed by atoms with Crippen molar-refractivity contribution in [1.29, 1.82) is 0 Å². The molecule has 0 aromatic rings. The van der Waals surface area contributed by atoms with E-state index in [2.05, 4.69) is 17.3 Å². The zero-order chi connectivity index (χ0) is 11.1. The second-order valence-corrected chi connectivity index (χ2v) is 4.02. The molecular formula is C10H22N4O. The van der Waals surface area contributed by atoms with Crippen LogP contribution in [0.15, 0.2) is 0 Å². The van der Waals surface area contributed by atoms with Crippen LogP contribution in [0.5, 0.6) is 0 Å². The fraction of sp³-hybridized carbons (Fsp3) is 0.900. The van der Waals surface area contributed by atoms with Gasteiger partial charge in [-0.15, -0.1) is 0 Å². The Hall–Kier alpha value is -0.810. The summed E-state index contributed by atoms with van der Waals surface area (Å²) in [6, 6.07) is 0.0544. The molecule has 0 radical (unpaired) electrons. The third-order valence-electron chi connectivity index (χ3n) is 2.66. The maximum atomic E-state index is 11.7. The lowest BCUT2D eigenvalue weighted by Gasteiger charge is -2.20. The Morgan fingerprint density at radius 2 is 2.13 bits per heavy atom. The third kappa shape index (κ3) is 4.48. The van der Waals surface area contributed by atoms with Crippen molar-refractivity contribution in [3.8, 4) is 0 Å². The minimum absolute atomic E-state index is 0.0544. The molecule has 0 atom stereocenters. The van der Waals surface area contributed by atoms with E-state index in [4.69, 9.17) is 5.73 Å². The molecule has 0 saturated carbocycles. The van der Waals surface area contributed by atoms with Crippen molar-refractivity contribution in [2.24, 2.45) is 5.73 Å². The summed E-state index contributed by atoms with van der Waals surface area (Å²) in [7, 11) is 2.09. The zero-order valence-corrected chi connectivity index (χ0v) is 9.54. The minimum Gasteiger partial charge on any atom is -0.338 e. The summed E-state index contributed by atoms with van der Waals surface area (Å²) in [5.74, 6) is 0. The predicted molar refractivity (Wildman–Crippen MR) is 60.8 cm³/mol. The summed E-state index contributed by atoms with van der Waals surface area (Å²) in [5.41, 5.74) is 5.36. The largest absolute Gasteiger partial charge is 0.338 e. The van der Waals surface area contributed by atoms with Crippen LogP contribution in [-0.2, 0) is 0 Å². The number of hydrogen-bond donors (Lipinski definition) is 2. The lowest BCUT2D eigenvalue weighted by atomic mass is 10.4. The van der Waals surface area contributed by atoms with Crippen LogP contribution < -0.4 is 11.1 Å². The van der Waals surface area contributed by atoms with Crippen molar-refractivity contribution >= 4 is 6.03 Å². The summed E-state index contributed by atoms with van der Waals surface area (Å²) in [6.45, 7) is 5.03. The molecule has 1 rings (SSSR count). The maximum absolute atomic E-state index is 11.7. The Kier molecular flexibility index (Phi) is 5.42. The van der Waals surface area contributed by atoms with Gasteiger partial charge in [0.2, 0.25) is 0 Å². The van der Waals surface area contributed by atoms with E-state index in [1.165, 1.54) is 0 Å². The average molecular weight is 214 g/mol. The van der Waals surface area contributed by atoms with Gasteiger partial charge in [-0.25, -0.2) is 4.79 Å². The Labute approximate surface area is 91.6 Å². The number of nitrogens with one attached hydrogen (secondary N) is 1. The van der Waals surface area contributed by atoms with Crippen LogP contribution >= 0.6 is 0 Å². The number of hydrogen-bond acceptors (Lipinski definition) is 3. The molecule has 1 fully saturated rings. The van der Waals surface area contributed by atoms with Crippen LogP contribution in [0.25, 0.3) is 0 Å². The van der Waals surface area contributed by atoms with Crippen molar-refractivity contribution in [3.63, 3.8) is 0 Å². The molecule has 0 aliphatic carbocycles. The topological polar surface area (TPSA) is 61.6 Å². The lowest BCUT2D eigenvalue weighted by molar-refractivity contribution is 0.199. The Bertz CT molecular complexity index is 198. The number of urea groups is 1. The highest BCUT2D eigenvalue weighted by atomic mass is 16.2. The van der Waals surface area contributed by atoms with Crippen LogP contribution in [0, 0.1) is 0 Å². The predicted octanol–water partition coefficient (Wildman–Crippen LogP) is -0.318. The number of rotatable bonds is 3. The van der Waals surface area contributed by atoms with Gasteiger partial charge in [-0.2, -0.15) is 0 Å². The smallest absolute Gasteiger partial charge is 0.317 e. The Morgan fingerprint density at radius 3 is 2.87 bits per heavy atom. The summed E-state index contributed by atoms with van der Waals surface area (Å²) in [5, 5.41) is 2.88. The van der Waals surface area contributed by atoms with E-state index >= 15 is 0 Å². The van der Waals surface area contributed by atoms with Gasteiger partial charge >= 0.3 is 6.03 Å². The van der Waals surface area contributed by atoms with Crippen LogP contribution in [-0.4, -0.2) is 62.1 Å². The van der Waals surface area contributed by atoms with Gasteiger partial charge < -0.3 is 20.9 Å². The molecule has 1 aliphatic heterocycles. The van der Waals surface area contributed by atoms with E-state index in [-0.39, 0.29) is 6.03 Å². The number of carbonyl (C=O) groups is 1. The van der Waals surface area contributed by atoms with Gasteiger partial charge in [0.1, 0.15) is 0 Å².